The molecular formula is C26H31F3N4O2. The average Bonchev–Trinajstić information content (AvgIpc) is 3.20. The van der Waals surface area contributed by atoms with Crippen LogP contribution < -0.4 is 10.1 Å². The number of likely N-dealkylation sites (N-methyl/N-ethyl adjacent to an activating group) is 1. The van der Waals surface area contributed by atoms with Crippen LogP contribution in [0, 0.1) is 5.92 Å². The number of alkyl halides is 3. The van der Waals surface area contributed by atoms with E-state index in [-0.39, 0.29) is 11.7 Å². The second kappa shape index (κ2) is 11.8. The first-order chi connectivity index (χ1) is 16.6. The fraction of sp³-hybridized carbons (Fsp3) is 0.385. The van der Waals surface area contributed by atoms with Crippen LogP contribution in [0.25, 0.3) is 17.1 Å². The Bertz CT molecular complexity index is 1130. The van der Waals surface area contributed by atoms with Gasteiger partial charge in [0.15, 0.2) is 0 Å². The Morgan fingerprint density at radius 3 is 2.37 bits per heavy atom. The number of aromatic amines is 1. The maximum absolute atomic E-state index is 12.2. The number of halogens is 3. The van der Waals surface area contributed by atoms with Crippen LogP contribution in [0.3, 0.4) is 0 Å². The van der Waals surface area contributed by atoms with Gasteiger partial charge in [-0.2, -0.15) is 0 Å². The van der Waals surface area contributed by atoms with Crippen molar-refractivity contribution in [2.24, 2.45) is 5.92 Å². The third-order valence-electron chi connectivity index (χ3n) is 5.61. The molecular weight excluding hydrogens is 457 g/mol. The second-order valence-electron chi connectivity index (χ2n) is 8.87. The number of amides is 1. The molecule has 1 fully saturated rings. The van der Waals surface area contributed by atoms with Gasteiger partial charge in [0.1, 0.15) is 5.75 Å². The molecule has 0 saturated heterocycles. The molecule has 1 heterocycles. The van der Waals surface area contributed by atoms with Gasteiger partial charge in [0.05, 0.1) is 11.0 Å². The molecule has 35 heavy (non-hydrogen) atoms. The molecule has 1 aliphatic carbocycles. The van der Waals surface area contributed by atoms with Crippen LogP contribution in [-0.2, 0) is 4.79 Å². The molecule has 9 heteroatoms. The van der Waals surface area contributed by atoms with Crippen molar-refractivity contribution < 1.29 is 22.7 Å². The van der Waals surface area contributed by atoms with Crippen LogP contribution in [0.2, 0.25) is 0 Å². The predicted molar refractivity (Wildman–Crippen MR) is 132 cm³/mol. The number of aromatic nitrogens is 2. The van der Waals surface area contributed by atoms with Gasteiger partial charge < -0.3 is 19.9 Å². The maximum atomic E-state index is 12.2. The Morgan fingerprint density at radius 1 is 1.11 bits per heavy atom. The Morgan fingerprint density at radius 2 is 1.80 bits per heavy atom. The average molecular weight is 489 g/mol. The molecule has 0 bridgehead atoms. The molecule has 188 valence electrons. The first-order valence-electron chi connectivity index (χ1n) is 11.6. The lowest BCUT2D eigenvalue weighted by molar-refractivity contribution is -0.274. The van der Waals surface area contributed by atoms with E-state index in [4.69, 9.17) is 0 Å². The second-order valence-corrected chi connectivity index (χ2v) is 8.87. The van der Waals surface area contributed by atoms with Crippen molar-refractivity contribution in [1.82, 2.24) is 14.9 Å². The largest absolute Gasteiger partial charge is 0.573 e. The number of ether oxygens (including phenoxy) is 1. The Labute approximate surface area is 203 Å². The number of imidazole rings is 1. The van der Waals surface area contributed by atoms with Crippen molar-refractivity contribution in [1.29, 1.82) is 0 Å². The van der Waals surface area contributed by atoms with Gasteiger partial charge in [0.25, 0.3) is 0 Å². The number of nitrogens with one attached hydrogen (secondary N) is 2. The highest BCUT2D eigenvalue weighted by atomic mass is 19.4. The van der Waals surface area contributed by atoms with Crippen LogP contribution >= 0.6 is 0 Å². The zero-order valence-electron chi connectivity index (χ0n) is 20.2. The van der Waals surface area contributed by atoms with Crippen molar-refractivity contribution in [3.63, 3.8) is 0 Å². The molecule has 0 spiro atoms. The molecule has 0 unspecified atom stereocenters. The summed E-state index contributed by atoms with van der Waals surface area (Å²) in [5, 5.41) is 2.99. The van der Waals surface area contributed by atoms with Gasteiger partial charge in [-0.1, -0.05) is 45.1 Å². The standard InChI is InChI=1S/C19H17F3N4O2.C7H14/c1-26(2)17(27)10-4-12-3-9-15-16(11-12)25-18(24-15)23-13-5-7-14(8-6-13)28-19(20,21)22;1-7-5-3-2-4-6-7/h3-11H,1-2H3,(H2,23,24,25);7H,2-6H2,1H3/b10-4+;. The molecule has 1 aliphatic rings. The highest BCUT2D eigenvalue weighted by Gasteiger charge is 2.30. The monoisotopic (exact) mass is 488 g/mol. The van der Waals surface area contributed by atoms with Gasteiger partial charge in [-0.15, -0.1) is 13.2 Å². The first kappa shape index (κ1) is 26.1. The number of hydrogen-bond acceptors (Lipinski definition) is 4. The number of anilines is 2. The molecule has 2 aromatic carbocycles. The SMILES string of the molecule is CC1CCCCC1.CN(C)C(=O)/C=C/c1ccc2nc(Nc3ccc(OC(F)(F)F)cc3)[nH]c2c1. The summed E-state index contributed by atoms with van der Waals surface area (Å²) in [6, 6.07) is 10.8. The Hall–Kier alpha value is -3.49. The number of carbonyl (C=O) groups excluding carboxylic acids is 1. The normalized spacial score (nSPS) is 14.5. The van der Waals surface area contributed by atoms with Crippen LogP contribution in [0.15, 0.2) is 48.5 Å². The van der Waals surface area contributed by atoms with Gasteiger partial charge in [0, 0.05) is 25.9 Å². The Balaban J connectivity index is 0.000000420. The lowest BCUT2D eigenvalue weighted by Gasteiger charge is -2.15. The van der Waals surface area contributed by atoms with Crippen LogP contribution in [0.4, 0.5) is 24.8 Å². The van der Waals surface area contributed by atoms with E-state index in [0.717, 1.165) is 17.0 Å². The quantitative estimate of drug-likeness (QED) is 0.384. The van der Waals surface area contributed by atoms with Crippen molar-refractivity contribution in [3.8, 4) is 5.75 Å². The smallest absolute Gasteiger partial charge is 0.406 e. The zero-order valence-corrected chi connectivity index (χ0v) is 20.2. The molecule has 2 N–H and O–H groups in total. The van der Waals surface area contributed by atoms with Gasteiger partial charge in [0.2, 0.25) is 11.9 Å². The topological polar surface area (TPSA) is 70.2 Å². The summed E-state index contributed by atoms with van der Waals surface area (Å²) in [6.45, 7) is 2.36. The van der Waals surface area contributed by atoms with Gasteiger partial charge >= 0.3 is 6.36 Å². The van der Waals surface area contributed by atoms with Gasteiger partial charge in [-0.3, -0.25) is 4.79 Å². The molecule has 0 radical (unpaired) electrons. The molecule has 1 aromatic heterocycles. The fourth-order valence-corrected chi connectivity index (χ4v) is 3.69. The minimum atomic E-state index is -4.73. The number of nitrogens with zero attached hydrogens (tertiary/aromatic N) is 2. The van der Waals surface area contributed by atoms with Crippen LogP contribution in [-0.4, -0.2) is 41.2 Å². The van der Waals surface area contributed by atoms with Crippen LogP contribution in [0.5, 0.6) is 5.75 Å². The summed E-state index contributed by atoms with van der Waals surface area (Å²) < 4.78 is 40.4. The zero-order chi connectivity index (χ0) is 25.4. The summed E-state index contributed by atoms with van der Waals surface area (Å²) in [6.07, 6.45) is 5.89. The van der Waals surface area contributed by atoms with E-state index < -0.39 is 6.36 Å². The van der Waals surface area contributed by atoms with E-state index in [1.807, 2.05) is 12.1 Å². The van der Waals surface area contributed by atoms with E-state index in [0.29, 0.717) is 17.2 Å². The van der Waals surface area contributed by atoms with E-state index in [2.05, 4.69) is 26.9 Å². The number of hydrogen-bond donors (Lipinski definition) is 2. The Kier molecular flexibility index (Phi) is 8.78. The van der Waals surface area contributed by atoms with E-state index >= 15 is 0 Å². The third-order valence-corrected chi connectivity index (χ3v) is 5.61. The number of benzene rings is 2. The summed E-state index contributed by atoms with van der Waals surface area (Å²) in [4.78, 5) is 20.6. The van der Waals surface area contributed by atoms with Crippen molar-refractivity contribution in [2.45, 2.75) is 45.4 Å². The lowest BCUT2D eigenvalue weighted by Crippen LogP contribution is -2.18. The van der Waals surface area contributed by atoms with Crippen molar-refractivity contribution in [3.05, 3.63) is 54.1 Å². The minimum absolute atomic E-state index is 0.120. The number of H-pyrrole nitrogens is 1. The fourth-order valence-electron chi connectivity index (χ4n) is 3.69. The van der Waals surface area contributed by atoms with Gasteiger partial charge in [-0.05, 0) is 54.0 Å². The number of rotatable bonds is 5. The molecule has 3 aromatic rings. The first-order valence-corrected chi connectivity index (χ1v) is 11.6. The summed E-state index contributed by atoms with van der Waals surface area (Å²) in [7, 11) is 3.34. The van der Waals surface area contributed by atoms with Gasteiger partial charge in [-0.25, -0.2) is 4.98 Å². The molecule has 1 amide bonds. The maximum Gasteiger partial charge on any atom is 0.573 e. The predicted octanol–water partition coefficient (Wildman–Crippen LogP) is 6.89. The molecule has 0 atom stereocenters. The van der Waals surface area contributed by atoms with Crippen molar-refractivity contribution in [2.75, 3.05) is 19.4 Å². The van der Waals surface area contributed by atoms with E-state index in [1.54, 1.807) is 26.2 Å². The molecule has 1 saturated carbocycles. The molecule has 0 aliphatic heterocycles. The molecule has 6 nitrogen and oxygen atoms in total. The molecule has 4 rings (SSSR count). The minimum Gasteiger partial charge on any atom is -0.406 e. The number of fused-ring (bicyclic) bond motifs is 1. The van der Waals surface area contributed by atoms with E-state index in [9.17, 15) is 18.0 Å². The highest BCUT2D eigenvalue weighted by molar-refractivity contribution is 5.92. The summed E-state index contributed by atoms with van der Waals surface area (Å²) in [5.74, 6) is 1.05. The number of carbonyl (C=O) groups is 1. The highest BCUT2D eigenvalue weighted by Crippen LogP contribution is 2.26. The lowest BCUT2D eigenvalue weighted by atomic mass is 9.91. The summed E-state index contributed by atoms with van der Waals surface area (Å²) >= 11 is 0. The van der Waals surface area contributed by atoms with Crippen LogP contribution in [0.1, 0.15) is 44.6 Å². The van der Waals surface area contributed by atoms with E-state index in [1.165, 1.54) is 67.3 Å². The summed E-state index contributed by atoms with van der Waals surface area (Å²) in [5.41, 5.74) is 2.83. The van der Waals surface area contributed by atoms with Crippen molar-refractivity contribution >= 4 is 34.7 Å². The third kappa shape index (κ3) is 8.66.